The van der Waals surface area contributed by atoms with E-state index in [9.17, 15) is 13.6 Å². The summed E-state index contributed by atoms with van der Waals surface area (Å²) in [4.78, 5) is 12.2. The average Bonchev–Trinajstić information content (AvgIpc) is 2.37. The Hall–Kier alpha value is -1.74. The first-order valence-corrected chi connectivity index (χ1v) is 6.50. The molecule has 104 valence electrons. The fourth-order valence-electron chi connectivity index (χ4n) is 2.01. The van der Waals surface area contributed by atoms with Gasteiger partial charge in [0.1, 0.15) is 11.6 Å². The van der Waals surface area contributed by atoms with E-state index in [1.54, 1.807) is 26.0 Å². The molecule has 0 spiro atoms. The Balaban J connectivity index is 2.31. The first kappa shape index (κ1) is 14.7. The Bertz CT molecular complexity index is 680. The van der Waals surface area contributed by atoms with Crippen molar-refractivity contribution in [1.29, 1.82) is 0 Å². The van der Waals surface area contributed by atoms with Crippen LogP contribution in [0.3, 0.4) is 0 Å². The molecule has 4 heteroatoms. The van der Waals surface area contributed by atoms with Crippen LogP contribution >= 0.6 is 11.6 Å². The first-order chi connectivity index (χ1) is 9.38. The standard InChI is InChI=1S/C16H13ClF2O/c1-9-6-14(17)10(2)5-13(9)16(20)7-11-3-4-12(18)8-15(11)19/h3-6,8H,7H2,1-2H3. The van der Waals surface area contributed by atoms with Gasteiger partial charge in [-0.1, -0.05) is 17.7 Å². The average molecular weight is 295 g/mol. The lowest BCUT2D eigenvalue weighted by Gasteiger charge is -2.08. The molecule has 2 aromatic carbocycles. The van der Waals surface area contributed by atoms with E-state index in [0.29, 0.717) is 10.6 Å². The number of carbonyl (C=O) groups is 1. The van der Waals surface area contributed by atoms with Crippen molar-refractivity contribution in [2.24, 2.45) is 0 Å². The normalized spacial score (nSPS) is 10.7. The third-order valence-electron chi connectivity index (χ3n) is 3.17. The van der Waals surface area contributed by atoms with Crippen molar-refractivity contribution in [2.45, 2.75) is 20.3 Å². The van der Waals surface area contributed by atoms with Crippen molar-refractivity contribution < 1.29 is 13.6 Å². The van der Waals surface area contributed by atoms with Gasteiger partial charge in [-0.2, -0.15) is 0 Å². The number of ketones is 1. The molecule has 2 aromatic rings. The largest absolute Gasteiger partial charge is 0.294 e. The molecule has 0 atom stereocenters. The Morgan fingerprint density at radius 3 is 2.45 bits per heavy atom. The number of hydrogen-bond donors (Lipinski definition) is 0. The van der Waals surface area contributed by atoms with E-state index < -0.39 is 11.6 Å². The molecule has 1 nitrogen and oxygen atoms in total. The van der Waals surface area contributed by atoms with Gasteiger partial charge in [-0.3, -0.25) is 4.79 Å². The van der Waals surface area contributed by atoms with Crippen LogP contribution in [0.1, 0.15) is 27.0 Å². The quantitative estimate of drug-likeness (QED) is 0.752. The maximum Gasteiger partial charge on any atom is 0.167 e. The van der Waals surface area contributed by atoms with Gasteiger partial charge in [0.15, 0.2) is 5.78 Å². The van der Waals surface area contributed by atoms with Crippen molar-refractivity contribution in [3.63, 3.8) is 0 Å². The summed E-state index contributed by atoms with van der Waals surface area (Å²) in [6, 6.07) is 6.63. The number of benzene rings is 2. The second-order valence-electron chi connectivity index (χ2n) is 4.75. The highest BCUT2D eigenvalue weighted by molar-refractivity contribution is 6.31. The molecule has 0 radical (unpaired) electrons. The fourth-order valence-corrected chi connectivity index (χ4v) is 2.23. The van der Waals surface area contributed by atoms with E-state index in [4.69, 9.17) is 11.6 Å². The molecule has 2 rings (SSSR count). The molecule has 0 fully saturated rings. The Morgan fingerprint density at radius 1 is 1.10 bits per heavy atom. The smallest absolute Gasteiger partial charge is 0.167 e. The van der Waals surface area contributed by atoms with E-state index >= 15 is 0 Å². The molecule has 20 heavy (non-hydrogen) atoms. The van der Waals surface area contributed by atoms with E-state index in [-0.39, 0.29) is 17.8 Å². The molecular weight excluding hydrogens is 282 g/mol. The number of aryl methyl sites for hydroxylation is 2. The Morgan fingerprint density at radius 2 is 1.80 bits per heavy atom. The Labute approximate surface area is 121 Å². The Kier molecular flexibility index (Phi) is 4.19. The van der Waals surface area contributed by atoms with Gasteiger partial charge in [0.25, 0.3) is 0 Å². The third kappa shape index (κ3) is 3.05. The van der Waals surface area contributed by atoms with Crippen LogP contribution in [0.5, 0.6) is 0 Å². The molecule has 0 aliphatic rings. The van der Waals surface area contributed by atoms with Gasteiger partial charge in [-0.25, -0.2) is 8.78 Å². The van der Waals surface area contributed by atoms with Crippen molar-refractivity contribution >= 4 is 17.4 Å². The number of hydrogen-bond acceptors (Lipinski definition) is 1. The predicted octanol–water partition coefficient (Wildman–Crippen LogP) is 4.66. The minimum Gasteiger partial charge on any atom is -0.294 e. The lowest BCUT2D eigenvalue weighted by atomic mass is 9.97. The van der Waals surface area contributed by atoms with Crippen molar-refractivity contribution in [2.75, 3.05) is 0 Å². The molecule has 0 N–H and O–H groups in total. The minimum atomic E-state index is -0.707. The number of carbonyl (C=O) groups excluding carboxylic acids is 1. The molecule has 0 aliphatic heterocycles. The SMILES string of the molecule is Cc1cc(C(=O)Cc2ccc(F)cc2F)c(C)cc1Cl. The van der Waals surface area contributed by atoms with Crippen LogP contribution in [-0.4, -0.2) is 5.78 Å². The maximum atomic E-state index is 13.6. The van der Waals surface area contributed by atoms with Crippen LogP contribution in [0.2, 0.25) is 5.02 Å². The zero-order valence-corrected chi connectivity index (χ0v) is 11.9. The molecule has 0 unspecified atom stereocenters. The van der Waals surface area contributed by atoms with Gasteiger partial charge in [-0.15, -0.1) is 0 Å². The van der Waals surface area contributed by atoms with Gasteiger partial charge in [0.05, 0.1) is 0 Å². The lowest BCUT2D eigenvalue weighted by Crippen LogP contribution is -2.08. The topological polar surface area (TPSA) is 17.1 Å². The second kappa shape index (κ2) is 5.71. The summed E-state index contributed by atoms with van der Waals surface area (Å²) in [7, 11) is 0. The molecule has 0 heterocycles. The maximum absolute atomic E-state index is 13.6. The summed E-state index contributed by atoms with van der Waals surface area (Å²) in [6.07, 6.45) is -0.103. The minimum absolute atomic E-state index is 0.103. The van der Waals surface area contributed by atoms with Crippen LogP contribution in [0.15, 0.2) is 30.3 Å². The van der Waals surface area contributed by atoms with Crippen LogP contribution in [0.25, 0.3) is 0 Å². The van der Waals surface area contributed by atoms with Gasteiger partial charge in [0, 0.05) is 23.1 Å². The molecule has 0 saturated carbocycles. The molecule has 0 saturated heterocycles. The van der Waals surface area contributed by atoms with E-state index in [1.807, 2.05) is 0 Å². The summed E-state index contributed by atoms with van der Waals surface area (Å²) in [5.74, 6) is -1.58. The van der Waals surface area contributed by atoms with E-state index in [1.165, 1.54) is 6.07 Å². The monoisotopic (exact) mass is 294 g/mol. The van der Waals surface area contributed by atoms with Crippen LogP contribution < -0.4 is 0 Å². The van der Waals surface area contributed by atoms with E-state index in [0.717, 1.165) is 23.3 Å². The predicted molar refractivity (Wildman–Crippen MR) is 75.3 cm³/mol. The van der Waals surface area contributed by atoms with Crippen LogP contribution in [0, 0.1) is 25.5 Å². The fraction of sp³-hybridized carbons (Fsp3) is 0.188. The molecular formula is C16H13ClF2O. The summed E-state index contributed by atoms with van der Waals surface area (Å²) >= 11 is 5.98. The molecule has 0 amide bonds. The van der Waals surface area contributed by atoms with Crippen LogP contribution in [-0.2, 0) is 6.42 Å². The van der Waals surface area contributed by atoms with Crippen molar-refractivity contribution in [3.8, 4) is 0 Å². The number of rotatable bonds is 3. The van der Waals surface area contributed by atoms with Gasteiger partial charge in [0.2, 0.25) is 0 Å². The summed E-state index contributed by atoms with van der Waals surface area (Å²) < 4.78 is 26.4. The number of halogens is 3. The van der Waals surface area contributed by atoms with E-state index in [2.05, 4.69) is 0 Å². The number of Topliss-reactive ketones (excluding diaryl/α,β-unsaturated/α-hetero) is 1. The third-order valence-corrected chi connectivity index (χ3v) is 3.58. The van der Waals surface area contributed by atoms with Crippen molar-refractivity contribution in [1.82, 2.24) is 0 Å². The van der Waals surface area contributed by atoms with Gasteiger partial charge >= 0.3 is 0 Å². The highest BCUT2D eigenvalue weighted by atomic mass is 35.5. The lowest BCUT2D eigenvalue weighted by molar-refractivity contribution is 0.0991. The summed E-state index contributed by atoms with van der Waals surface area (Å²) in [6.45, 7) is 3.58. The second-order valence-corrected chi connectivity index (χ2v) is 5.16. The molecule has 0 aromatic heterocycles. The zero-order valence-electron chi connectivity index (χ0n) is 11.1. The highest BCUT2D eigenvalue weighted by Crippen LogP contribution is 2.22. The molecule has 0 bridgehead atoms. The van der Waals surface area contributed by atoms with Crippen LogP contribution in [0.4, 0.5) is 8.78 Å². The van der Waals surface area contributed by atoms with Gasteiger partial charge in [-0.05, 0) is 48.7 Å². The summed E-state index contributed by atoms with van der Waals surface area (Å²) in [5, 5.41) is 0.590. The molecule has 0 aliphatic carbocycles. The zero-order chi connectivity index (χ0) is 14.9. The highest BCUT2D eigenvalue weighted by Gasteiger charge is 2.14. The summed E-state index contributed by atoms with van der Waals surface area (Å²) in [5.41, 5.74) is 2.23. The van der Waals surface area contributed by atoms with Gasteiger partial charge < -0.3 is 0 Å². The van der Waals surface area contributed by atoms with Crippen molar-refractivity contribution in [3.05, 3.63) is 69.2 Å². The first-order valence-electron chi connectivity index (χ1n) is 6.12.